The highest BCUT2D eigenvalue weighted by molar-refractivity contribution is 4.91. The van der Waals surface area contributed by atoms with Crippen molar-refractivity contribution in [1.82, 2.24) is 9.80 Å². The standard InChI is InChI=1S/C14H28N2O/c1-15(2)9-5-10-16-11-8-14(17)12-6-3-4-7-13(12)16/h12-14,17H,3-11H2,1-2H3. The van der Waals surface area contributed by atoms with Crippen LogP contribution in [0.15, 0.2) is 0 Å². The van der Waals surface area contributed by atoms with Gasteiger partial charge in [-0.1, -0.05) is 12.8 Å². The smallest absolute Gasteiger partial charge is 0.0595 e. The minimum atomic E-state index is -0.0228. The number of rotatable bonds is 4. The summed E-state index contributed by atoms with van der Waals surface area (Å²) >= 11 is 0. The van der Waals surface area contributed by atoms with Gasteiger partial charge in [-0.2, -0.15) is 0 Å². The molecule has 2 aliphatic rings. The molecule has 0 aromatic rings. The fourth-order valence-corrected chi connectivity index (χ4v) is 3.59. The molecule has 0 aromatic carbocycles. The Labute approximate surface area is 106 Å². The third kappa shape index (κ3) is 3.43. The lowest BCUT2D eigenvalue weighted by Crippen LogP contribution is -2.52. The number of aliphatic hydroxyl groups excluding tert-OH is 1. The number of piperidine rings is 1. The Morgan fingerprint density at radius 2 is 1.94 bits per heavy atom. The van der Waals surface area contributed by atoms with Gasteiger partial charge in [-0.25, -0.2) is 0 Å². The van der Waals surface area contributed by atoms with Gasteiger partial charge in [0.05, 0.1) is 6.10 Å². The Morgan fingerprint density at radius 3 is 2.71 bits per heavy atom. The first-order valence-corrected chi connectivity index (χ1v) is 7.25. The Hall–Kier alpha value is -0.120. The van der Waals surface area contributed by atoms with Crippen LogP contribution in [0, 0.1) is 5.92 Å². The maximum absolute atomic E-state index is 10.1. The first kappa shape index (κ1) is 13.3. The third-order valence-corrected chi connectivity index (χ3v) is 4.51. The molecule has 0 radical (unpaired) electrons. The van der Waals surface area contributed by atoms with Crippen LogP contribution in [0.5, 0.6) is 0 Å². The highest BCUT2D eigenvalue weighted by Crippen LogP contribution is 2.35. The largest absolute Gasteiger partial charge is 0.393 e. The normalized spacial score (nSPS) is 34.9. The van der Waals surface area contributed by atoms with E-state index in [4.69, 9.17) is 0 Å². The molecule has 3 nitrogen and oxygen atoms in total. The van der Waals surface area contributed by atoms with E-state index in [9.17, 15) is 5.11 Å². The van der Waals surface area contributed by atoms with E-state index in [1.165, 1.54) is 45.2 Å². The lowest BCUT2D eigenvalue weighted by atomic mass is 9.76. The molecular weight excluding hydrogens is 212 g/mol. The van der Waals surface area contributed by atoms with E-state index in [0.717, 1.165) is 13.0 Å². The van der Waals surface area contributed by atoms with Crippen molar-refractivity contribution >= 4 is 0 Å². The zero-order chi connectivity index (χ0) is 12.3. The summed E-state index contributed by atoms with van der Waals surface area (Å²) in [5.41, 5.74) is 0. The number of hydrogen-bond donors (Lipinski definition) is 1. The summed E-state index contributed by atoms with van der Waals surface area (Å²) in [7, 11) is 4.28. The number of likely N-dealkylation sites (tertiary alicyclic amines) is 1. The predicted octanol–water partition coefficient (Wildman–Crippen LogP) is 1.56. The molecule has 100 valence electrons. The molecule has 3 heteroatoms. The van der Waals surface area contributed by atoms with Crippen molar-refractivity contribution < 1.29 is 5.11 Å². The van der Waals surface area contributed by atoms with Crippen LogP contribution < -0.4 is 0 Å². The zero-order valence-electron chi connectivity index (χ0n) is 11.4. The molecule has 0 amide bonds. The van der Waals surface area contributed by atoms with Crippen LogP contribution in [0.25, 0.3) is 0 Å². The molecule has 0 aromatic heterocycles. The van der Waals surface area contributed by atoms with Crippen molar-refractivity contribution in [3.8, 4) is 0 Å². The number of hydrogen-bond acceptors (Lipinski definition) is 3. The third-order valence-electron chi connectivity index (χ3n) is 4.51. The minimum absolute atomic E-state index is 0.0228. The Bertz CT molecular complexity index is 232. The molecule has 1 aliphatic carbocycles. The summed E-state index contributed by atoms with van der Waals surface area (Å²) in [6, 6.07) is 0.676. The molecule has 17 heavy (non-hydrogen) atoms. The second-order valence-corrected chi connectivity index (χ2v) is 6.06. The van der Waals surface area contributed by atoms with Crippen molar-refractivity contribution in [1.29, 1.82) is 0 Å². The van der Waals surface area contributed by atoms with Gasteiger partial charge < -0.3 is 10.0 Å². The van der Waals surface area contributed by atoms with Crippen LogP contribution in [0.3, 0.4) is 0 Å². The fraction of sp³-hybridized carbons (Fsp3) is 1.00. The SMILES string of the molecule is CN(C)CCCN1CCC(O)C2CCCCC21. The lowest BCUT2D eigenvalue weighted by molar-refractivity contribution is -0.0364. The molecule has 1 heterocycles. The van der Waals surface area contributed by atoms with E-state index in [1.807, 2.05) is 0 Å². The predicted molar refractivity (Wildman–Crippen MR) is 71.1 cm³/mol. The van der Waals surface area contributed by atoms with Crippen LogP contribution in [-0.4, -0.2) is 60.8 Å². The van der Waals surface area contributed by atoms with Crippen molar-refractivity contribution in [2.24, 2.45) is 5.92 Å². The summed E-state index contributed by atoms with van der Waals surface area (Å²) in [5.74, 6) is 0.567. The molecule has 0 spiro atoms. The summed E-state index contributed by atoms with van der Waals surface area (Å²) < 4.78 is 0. The van der Waals surface area contributed by atoms with Crippen LogP contribution in [0.2, 0.25) is 0 Å². The summed E-state index contributed by atoms with van der Waals surface area (Å²) in [4.78, 5) is 4.91. The first-order valence-electron chi connectivity index (χ1n) is 7.25. The molecule has 1 saturated carbocycles. The van der Waals surface area contributed by atoms with E-state index in [0.29, 0.717) is 12.0 Å². The van der Waals surface area contributed by atoms with E-state index in [1.54, 1.807) is 0 Å². The second kappa shape index (κ2) is 6.17. The number of aliphatic hydroxyl groups is 1. The second-order valence-electron chi connectivity index (χ2n) is 6.06. The quantitative estimate of drug-likeness (QED) is 0.808. The van der Waals surface area contributed by atoms with Gasteiger partial charge >= 0.3 is 0 Å². The molecule has 2 fully saturated rings. The molecule has 3 atom stereocenters. The molecule has 2 rings (SSSR count). The Balaban J connectivity index is 1.84. The maximum atomic E-state index is 10.1. The summed E-state index contributed by atoms with van der Waals surface area (Å²) in [6.07, 6.45) is 7.46. The van der Waals surface area contributed by atoms with Gasteiger partial charge in [-0.15, -0.1) is 0 Å². The van der Waals surface area contributed by atoms with E-state index in [2.05, 4.69) is 23.9 Å². The molecule has 1 aliphatic heterocycles. The van der Waals surface area contributed by atoms with Gasteiger partial charge in [0, 0.05) is 18.5 Å². The monoisotopic (exact) mass is 240 g/mol. The van der Waals surface area contributed by atoms with Crippen molar-refractivity contribution in [2.75, 3.05) is 33.7 Å². The van der Waals surface area contributed by atoms with Crippen molar-refractivity contribution in [3.63, 3.8) is 0 Å². The van der Waals surface area contributed by atoms with E-state index >= 15 is 0 Å². The molecule has 0 bridgehead atoms. The topological polar surface area (TPSA) is 26.7 Å². The summed E-state index contributed by atoms with van der Waals surface area (Å²) in [6.45, 7) is 3.50. The van der Waals surface area contributed by atoms with Crippen LogP contribution in [0.1, 0.15) is 38.5 Å². The Morgan fingerprint density at radius 1 is 1.18 bits per heavy atom. The maximum Gasteiger partial charge on any atom is 0.0595 e. The molecule has 3 unspecified atom stereocenters. The zero-order valence-corrected chi connectivity index (χ0v) is 11.4. The van der Waals surface area contributed by atoms with Gasteiger partial charge in [0.2, 0.25) is 0 Å². The van der Waals surface area contributed by atoms with Gasteiger partial charge in [0.25, 0.3) is 0 Å². The lowest BCUT2D eigenvalue weighted by Gasteiger charge is -2.46. The van der Waals surface area contributed by atoms with Gasteiger partial charge in [0.1, 0.15) is 0 Å². The average Bonchev–Trinajstić information content (AvgIpc) is 2.32. The molecule has 1 saturated heterocycles. The number of nitrogens with zero attached hydrogens (tertiary/aromatic N) is 2. The first-order chi connectivity index (χ1) is 8.18. The van der Waals surface area contributed by atoms with Gasteiger partial charge in [-0.3, -0.25) is 4.90 Å². The average molecular weight is 240 g/mol. The number of fused-ring (bicyclic) bond motifs is 1. The van der Waals surface area contributed by atoms with E-state index in [-0.39, 0.29) is 6.10 Å². The van der Waals surface area contributed by atoms with Crippen molar-refractivity contribution in [2.45, 2.75) is 50.7 Å². The highest BCUT2D eigenvalue weighted by Gasteiger charge is 2.37. The van der Waals surface area contributed by atoms with E-state index < -0.39 is 0 Å². The highest BCUT2D eigenvalue weighted by atomic mass is 16.3. The van der Waals surface area contributed by atoms with Crippen LogP contribution >= 0.6 is 0 Å². The minimum Gasteiger partial charge on any atom is -0.393 e. The van der Waals surface area contributed by atoms with Crippen LogP contribution in [0.4, 0.5) is 0 Å². The fourth-order valence-electron chi connectivity index (χ4n) is 3.59. The van der Waals surface area contributed by atoms with Crippen LogP contribution in [-0.2, 0) is 0 Å². The van der Waals surface area contributed by atoms with Gasteiger partial charge in [0.15, 0.2) is 0 Å². The molecular formula is C14H28N2O. The van der Waals surface area contributed by atoms with Gasteiger partial charge in [-0.05, 0) is 52.9 Å². The molecule has 1 N–H and O–H groups in total. The van der Waals surface area contributed by atoms with Crippen molar-refractivity contribution in [3.05, 3.63) is 0 Å². The Kier molecular flexibility index (Phi) is 4.83. The summed E-state index contributed by atoms with van der Waals surface area (Å²) in [5, 5.41) is 10.1.